The van der Waals surface area contributed by atoms with E-state index in [2.05, 4.69) is 4.98 Å². The number of benzene rings is 1. The van der Waals surface area contributed by atoms with E-state index < -0.39 is 0 Å². The molecule has 2 saturated heterocycles. The van der Waals surface area contributed by atoms with Gasteiger partial charge in [0, 0.05) is 37.6 Å². The Morgan fingerprint density at radius 1 is 1.36 bits per heavy atom. The van der Waals surface area contributed by atoms with Crippen molar-refractivity contribution in [2.24, 2.45) is 5.41 Å². The zero-order chi connectivity index (χ0) is 17.3. The summed E-state index contributed by atoms with van der Waals surface area (Å²) in [4.78, 5) is 19.5. The van der Waals surface area contributed by atoms with Crippen LogP contribution >= 0.6 is 0 Å². The molecule has 1 aromatic heterocycles. The molecule has 3 heterocycles. The Hall–Kier alpha value is -1.98. The smallest absolute Gasteiger partial charge is 0.272 e. The zero-order valence-corrected chi connectivity index (χ0v) is 14.6. The molecule has 2 aromatic rings. The topological polar surface area (TPSA) is 51.7 Å². The van der Waals surface area contributed by atoms with Crippen molar-refractivity contribution >= 4 is 16.8 Å². The molecule has 2 aliphatic heterocycles. The lowest BCUT2D eigenvalue weighted by Crippen LogP contribution is -2.58. The van der Waals surface area contributed by atoms with Crippen LogP contribution in [0.5, 0.6) is 0 Å². The van der Waals surface area contributed by atoms with E-state index in [0.29, 0.717) is 25.4 Å². The lowest BCUT2D eigenvalue weighted by Gasteiger charge is -2.50. The Balaban J connectivity index is 1.58. The largest absolute Gasteiger partial charge is 0.384 e. The molecule has 1 aromatic carbocycles. The molecule has 132 valence electrons. The average molecular weight is 340 g/mol. The third kappa shape index (κ3) is 3.02. The monoisotopic (exact) mass is 340 g/mol. The molecule has 0 saturated carbocycles. The molecular formula is C20H24N2O3. The van der Waals surface area contributed by atoms with Crippen LogP contribution < -0.4 is 0 Å². The molecule has 4 rings (SSSR count). The number of carbonyl (C=O) groups is 1. The minimum Gasteiger partial charge on any atom is -0.384 e. The number of methoxy groups -OCH3 is 1. The highest BCUT2D eigenvalue weighted by Crippen LogP contribution is 2.40. The second-order valence-corrected chi connectivity index (χ2v) is 7.16. The van der Waals surface area contributed by atoms with E-state index in [1.54, 1.807) is 7.11 Å². The first-order chi connectivity index (χ1) is 12.2. The Morgan fingerprint density at radius 3 is 3.12 bits per heavy atom. The van der Waals surface area contributed by atoms with Gasteiger partial charge in [-0.05, 0) is 31.4 Å². The maximum absolute atomic E-state index is 13.0. The zero-order valence-electron chi connectivity index (χ0n) is 14.6. The van der Waals surface area contributed by atoms with Gasteiger partial charge in [0.2, 0.25) is 0 Å². The molecule has 5 nitrogen and oxygen atoms in total. The minimum atomic E-state index is -0.0856. The molecule has 25 heavy (non-hydrogen) atoms. The second kappa shape index (κ2) is 6.73. The van der Waals surface area contributed by atoms with Crippen molar-refractivity contribution in [3.8, 4) is 0 Å². The Labute approximate surface area is 147 Å². The lowest BCUT2D eigenvalue weighted by atomic mass is 9.73. The fraction of sp³-hybridized carbons (Fsp3) is 0.500. The number of likely N-dealkylation sites (tertiary alicyclic amines) is 1. The number of fused-ring (bicyclic) bond motifs is 2. The number of ether oxygens (including phenoxy) is 2. The van der Waals surface area contributed by atoms with Crippen molar-refractivity contribution < 1.29 is 14.3 Å². The number of hydrogen-bond acceptors (Lipinski definition) is 4. The van der Waals surface area contributed by atoms with Crippen LogP contribution in [0.3, 0.4) is 0 Å². The molecule has 2 atom stereocenters. The van der Waals surface area contributed by atoms with Gasteiger partial charge in [0.1, 0.15) is 5.69 Å². The van der Waals surface area contributed by atoms with E-state index in [4.69, 9.17) is 9.47 Å². The van der Waals surface area contributed by atoms with Crippen molar-refractivity contribution in [1.82, 2.24) is 9.88 Å². The van der Waals surface area contributed by atoms with Gasteiger partial charge in [-0.1, -0.05) is 24.3 Å². The van der Waals surface area contributed by atoms with Crippen LogP contribution in [0.1, 0.15) is 29.8 Å². The number of hydrogen-bond donors (Lipinski definition) is 0. The quantitative estimate of drug-likeness (QED) is 0.862. The first kappa shape index (κ1) is 16.5. The highest BCUT2D eigenvalue weighted by Gasteiger charge is 2.47. The van der Waals surface area contributed by atoms with E-state index in [-0.39, 0.29) is 17.4 Å². The molecule has 0 unspecified atom stereocenters. The van der Waals surface area contributed by atoms with Gasteiger partial charge in [0.15, 0.2) is 0 Å². The fourth-order valence-corrected chi connectivity index (χ4v) is 4.31. The normalized spacial score (nSPS) is 26.4. The van der Waals surface area contributed by atoms with Crippen molar-refractivity contribution in [2.75, 3.05) is 33.4 Å². The van der Waals surface area contributed by atoms with E-state index >= 15 is 0 Å². The van der Waals surface area contributed by atoms with E-state index in [1.807, 2.05) is 41.3 Å². The molecule has 0 aliphatic carbocycles. The van der Waals surface area contributed by atoms with Gasteiger partial charge >= 0.3 is 0 Å². The first-order valence-corrected chi connectivity index (χ1v) is 8.97. The number of piperidine rings is 1. The number of nitrogens with zero attached hydrogens (tertiary/aromatic N) is 2. The van der Waals surface area contributed by atoms with Crippen molar-refractivity contribution in [3.63, 3.8) is 0 Å². The maximum Gasteiger partial charge on any atom is 0.272 e. The number of rotatable bonds is 3. The molecule has 2 fully saturated rings. The molecule has 1 amide bonds. The number of amides is 1. The van der Waals surface area contributed by atoms with Gasteiger partial charge in [0.05, 0.1) is 18.2 Å². The molecular weight excluding hydrogens is 316 g/mol. The van der Waals surface area contributed by atoms with Crippen molar-refractivity contribution in [1.29, 1.82) is 0 Å². The summed E-state index contributed by atoms with van der Waals surface area (Å²) in [7, 11) is 1.73. The summed E-state index contributed by atoms with van der Waals surface area (Å²) in [5, 5.41) is 1.05. The van der Waals surface area contributed by atoms with Crippen LogP contribution in [0, 0.1) is 5.41 Å². The summed E-state index contributed by atoms with van der Waals surface area (Å²) in [5.41, 5.74) is 1.29. The maximum atomic E-state index is 13.0. The van der Waals surface area contributed by atoms with Gasteiger partial charge in [-0.3, -0.25) is 4.79 Å². The molecule has 5 heteroatoms. The number of carbonyl (C=O) groups excluding carboxylic acids is 1. The Bertz CT molecular complexity index is 774. The Kier molecular flexibility index (Phi) is 4.44. The molecule has 0 bridgehead atoms. The summed E-state index contributed by atoms with van der Waals surface area (Å²) in [6.45, 7) is 2.84. The van der Waals surface area contributed by atoms with E-state index in [0.717, 1.165) is 36.8 Å². The van der Waals surface area contributed by atoms with Gasteiger partial charge in [-0.2, -0.15) is 0 Å². The molecule has 0 radical (unpaired) electrons. The SMILES string of the molecule is COC[C@]12CCCO[C@@H]1CCN(C(=O)c1ccc3ccccc3n1)C2. The summed E-state index contributed by atoms with van der Waals surface area (Å²) in [6.07, 6.45) is 3.12. The fourth-order valence-electron chi connectivity index (χ4n) is 4.31. The predicted octanol–water partition coefficient (Wildman–Crippen LogP) is 2.89. The van der Waals surface area contributed by atoms with Gasteiger partial charge in [0.25, 0.3) is 5.91 Å². The summed E-state index contributed by atoms with van der Waals surface area (Å²) < 4.78 is 11.5. The van der Waals surface area contributed by atoms with Gasteiger partial charge < -0.3 is 14.4 Å². The Morgan fingerprint density at radius 2 is 2.24 bits per heavy atom. The molecule has 0 N–H and O–H groups in total. The number of pyridine rings is 1. The van der Waals surface area contributed by atoms with Crippen molar-refractivity contribution in [2.45, 2.75) is 25.4 Å². The van der Waals surface area contributed by atoms with Gasteiger partial charge in [-0.25, -0.2) is 4.98 Å². The van der Waals surface area contributed by atoms with Crippen LogP contribution in [0.15, 0.2) is 36.4 Å². The third-order valence-corrected chi connectivity index (χ3v) is 5.52. The minimum absolute atomic E-state index is 0.00487. The van der Waals surface area contributed by atoms with Crippen molar-refractivity contribution in [3.05, 3.63) is 42.1 Å². The van der Waals surface area contributed by atoms with Crippen LogP contribution in [-0.4, -0.2) is 55.3 Å². The molecule has 2 aliphatic rings. The van der Waals surface area contributed by atoms with Crippen LogP contribution in [0.2, 0.25) is 0 Å². The van der Waals surface area contributed by atoms with E-state index in [9.17, 15) is 4.79 Å². The summed E-state index contributed by atoms with van der Waals surface area (Å²) in [5.74, 6) is 0.00487. The highest BCUT2D eigenvalue weighted by atomic mass is 16.5. The van der Waals surface area contributed by atoms with Crippen LogP contribution in [0.25, 0.3) is 10.9 Å². The highest BCUT2D eigenvalue weighted by molar-refractivity contribution is 5.95. The standard InChI is InChI=1S/C20H24N2O3/c1-24-14-20-10-4-12-25-18(20)9-11-22(13-20)19(23)17-8-7-15-5-2-3-6-16(15)21-17/h2-3,5-8,18H,4,9-14H2,1H3/t18-,20-/m1/s1. The second-order valence-electron chi connectivity index (χ2n) is 7.16. The third-order valence-electron chi connectivity index (χ3n) is 5.52. The average Bonchev–Trinajstić information content (AvgIpc) is 2.66. The number of para-hydroxylation sites is 1. The molecule has 0 spiro atoms. The lowest BCUT2D eigenvalue weighted by molar-refractivity contribution is -0.142. The summed E-state index contributed by atoms with van der Waals surface area (Å²) >= 11 is 0. The number of aromatic nitrogens is 1. The first-order valence-electron chi connectivity index (χ1n) is 8.97. The van der Waals surface area contributed by atoms with Crippen LogP contribution in [0.4, 0.5) is 0 Å². The van der Waals surface area contributed by atoms with Gasteiger partial charge in [-0.15, -0.1) is 0 Å². The van der Waals surface area contributed by atoms with E-state index in [1.165, 1.54) is 0 Å². The van der Waals surface area contributed by atoms with Crippen LogP contribution in [-0.2, 0) is 9.47 Å². The predicted molar refractivity (Wildman–Crippen MR) is 95.5 cm³/mol. The summed E-state index contributed by atoms with van der Waals surface area (Å²) in [6, 6.07) is 11.7.